The Bertz CT molecular complexity index is 572. The number of hydrogen-bond acceptors (Lipinski definition) is 4. The monoisotopic (exact) mass is 330 g/mol. The van der Waals surface area contributed by atoms with Crippen LogP contribution in [-0.2, 0) is 4.79 Å². The van der Waals surface area contributed by atoms with Crippen LogP contribution in [0.15, 0.2) is 24.5 Å². The highest BCUT2D eigenvalue weighted by atomic mass is 16.2. The molecule has 6 nitrogen and oxygen atoms in total. The Balaban J connectivity index is 1.67. The number of likely N-dealkylation sites (N-methyl/N-ethyl adjacent to an activating group) is 1. The molecule has 3 rings (SSSR count). The van der Waals surface area contributed by atoms with Gasteiger partial charge in [0.15, 0.2) is 0 Å². The molecule has 130 valence electrons. The molecule has 0 bridgehead atoms. The maximum absolute atomic E-state index is 12.4. The smallest absolute Gasteiger partial charge is 0.253 e. The van der Waals surface area contributed by atoms with Crippen molar-refractivity contribution in [2.24, 2.45) is 0 Å². The molecule has 2 aliphatic rings. The second kappa shape index (κ2) is 7.75. The van der Waals surface area contributed by atoms with Crippen LogP contribution in [-0.4, -0.2) is 52.9 Å². The molecule has 2 atom stereocenters. The lowest BCUT2D eigenvalue weighted by atomic mass is 10.1. The van der Waals surface area contributed by atoms with Crippen molar-refractivity contribution in [2.75, 3.05) is 13.1 Å². The molecule has 0 radical (unpaired) electrons. The zero-order chi connectivity index (χ0) is 16.9. The van der Waals surface area contributed by atoms with Gasteiger partial charge in [0.05, 0.1) is 11.6 Å². The summed E-state index contributed by atoms with van der Waals surface area (Å²) in [5, 5.41) is 6.02. The molecule has 1 aliphatic carbocycles. The van der Waals surface area contributed by atoms with E-state index in [0.717, 1.165) is 19.4 Å². The average Bonchev–Trinajstić information content (AvgIpc) is 3.25. The van der Waals surface area contributed by atoms with Gasteiger partial charge >= 0.3 is 0 Å². The van der Waals surface area contributed by atoms with Gasteiger partial charge in [0.25, 0.3) is 5.91 Å². The van der Waals surface area contributed by atoms with Crippen molar-refractivity contribution in [1.82, 2.24) is 20.5 Å². The van der Waals surface area contributed by atoms with Gasteiger partial charge in [-0.15, -0.1) is 0 Å². The summed E-state index contributed by atoms with van der Waals surface area (Å²) in [4.78, 5) is 31.1. The lowest BCUT2D eigenvalue weighted by Gasteiger charge is -2.29. The second-order valence-corrected chi connectivity index (χ2v) is 6.69. The fourth-order valence-corrected chi connectivity index (χ4v) is 3.92. The molecule has 0 unspecified atom stereocenters. The van der Waals surface area contributed by atoms with Crippen LogP contribution in [0.1, 0.15) is 49.4 Å². The molecule has 2 amide bonds. The Hall–Kier alpha value is -1.95. The molecule has 1 aromatic heterocycles. The summed E-state index contributed by atoms with van der Waals surface area (Å²) in [6, 6.07) is 3.86. The molecule has 1 aromatic rings. The predicted molar refractivity (Wildman–Crippen MR) is 91.5 cm³/mol. The first-order valence-electron chi connectivity index (χ1n) is 8.93. The summed E-state index contributed by atoms with van der Waals surface area (Å²) < 4.78 is 0. The number of pyridine rings is 1. The Labute approximate surface area is 143 Å². The highest BCUT2D eigenvalue weighted by Gasteiger charge is 2.41. The van der Waals surface area contributed by atoms with E-state index in [1.54, 1.807) is 24.5 Å². The zero-order valence-corrected chi connectivity index (χ0v) is 14.2. The summed E-state index contributed by atoms with van der Waals surface area (Å²) in [6.45, 7) is 3.33. The number of likely N-dealkylation sites (tertiary alicyclic amines) is 1. The normalized spacial score (nSPS) is 24.9. The van der Waals surface area contributed by atoms with Gasteiger partial charge < -0.3 is 10.6 Å². The maximum atomic E-state index is 12.4. The van der Waals surface area contributed by atoms with Crippen LogP contribution in [0.2, 0.25) is 0 Å². The number of rotatable bonds is 5. The standard InChI is InChI=1S/C18H26N4O2/c1-2-20-18(24)16-10-14(12-22(16)15-7-3-4-8-15)21-17(23)13-6-5-9-19-11-13/h5-6,9,11,14-16H,2-4,7-8,10,12H2,1H3,(H,20,24)(H,21,23)/t14-,16-/m0/s1. The van der Waals surface area contributed by atoms with Crippen LogP contribution < -0.4 is 10.6 Å². The number of hydrogen-bond donors (Lipinski definition) is 2. The first-order valence-corrected chi connectivity index (χ1v) is 8.93. The fraction of sp³-hybridized carbons (Fsp3) is 0.611. The largest absolute Gasteiger partial charge is 0.355 e. The van der Waals surface area contributed by atoms with Crippen molar-refractivity contribution in [3.8, 4) is 0 Å². The summed E-state index contributed by atoms with van der Waals surface area (Å²) in [5.74, 6) is -0.0291. The van der Waals surface area contributed by atoms with E-state index in [2.05, 4.69) is 20.5 Å². The molecule has 1 aliphatic heterocycles. The third-order valence-corrected chi connectivity index (χ3v) is 5.05. The van der Waals surface area contributed by atoms with Crippen molar-refractivity contribution in [1.29, 1.82) is 0 Å². The molecule has 1 saturated heterocycles. The fourth-order valence-electron chi connectivity index (χ4n) is 3.92. The van der Waals surface area contributed by atoms with Crippen LogP contribution in [0.4, 0.5) is 0 Å². The number of carbonyl (C=O) groups is 2. The molecule has 1 saturated carbocycles. The van der Waals surface area contributed by atoms with Crippen molar-refractivity contribution in [3.05, 3.63) is 30.1 Å². The molecule has 6 heteroatoms. The zero-order valence-electron chi connectivity index (χ0n) is 14.2. The topological polar surface area (TPSA) is 74.3 Å². The lowest BCUT2D eigenvalue weighted by Crippen LogP contribution is -2.47. The molecular weight excluding hydrogens is 304 g/mol. The van der Waals surface area contributed by atoms with E-state index >= 15 is 0 Å². The van der Waals surface area contributed by atoms with Crippen molar-refractivity contribution in [2.45, 2.75) is 57.2 Å². The van der Waals surface area contributed by atoms with Crippen molar-refractivity contribution < 1.29 is 9.59 Å². The number of amides is 2. The van der Waals surface area contributed by atoms with E-state index in [9.17, 15) is 9.59 Å². The second-order valence-electron chi connectivity index (χ2n) is 6.69. The molecule has 2 fully saturated rings. The Morgan fingerprint density at radius 1 is 1.33 bits per heavy atom. The molecule has 0 aromatic carbocycles. The van der Waals surface area contributed by atoms with Crippen LogP contribution in [0, 0.1) is 0 Å². The van der Waals surface area contributed by atoms with E-state index in [4.69, 9.17) is 0 Å². The Kier molecular flexibility index (Phi) is 5.45. The third kappa shape index (κ3) is 3.75. The number of carbonyl (C=O) groups excluding carboxylic acids is 2. The first-order chi connectivity index (χ1) is 11.7. The van der Waals surface area contributed by atoms with Crippen LogP contribution in [0.5, 0.6) is 0 Å². The van der Waals surface area contributed by atoms with Gasteiger partial charge in [-0.3, -0.25) is 19.5 Å². The van der Waals surface area contributed by atoms with Gasteiger partial charge in [0.1, 0.15) is 0 Å². The maximum Gasteiger partial charge on any atom is 0.253 e. The van der Waals surface area contributed by atoms with E-state index in [1.165, 1.54) is 12.8 Å². The van der Waals surface area contributed by atoms with Gasteiger partial charge in [-0.05, 0) is 38.3 Å². The molecule has 0 spiro atoms. The van der Waals surface area contributed by atoms with Gasteiger partial charge in [-0.2, -0.15) is 0 Å². The summed E-state index contributed by atoms with van der Waals surface area (Å²) in [7, 11) is 0. The minimum atomic E-state index is -0.132. The van der Waals surface area contributed by atoms with E-state index < -0.39 is 0 Å². The van der Waals surface area contributed by atoms with Gasteiger partial charge in [0.2, 0.25) is 5.91 Å². The first kappa shape index (κ1) is 16.9. The average molecular weight is 330 g/mol. The van der Waals surface area contributed by atoms with E-state index in [0.29, 0.717) is 24.6 Å². The molecule has 2 N–H and O–H groups in total. The van der Waals surface area contributed by atoms with Crippen molar-refractivity contribution in [3.63, 3.8) is 0 Å². The Morgan fingerprint density at radius 2 is 2.12 bits per heavy atom. The van der Waals surface area contributed by atoms with Gasteiger partial charge in [0, 0.05) is 37.6 Å². The molecule has 2 heterocycles. The summed E-state index contributed by atoms with van der Waals surface area (Å²) in [6.07, 6.45) is 8.66. The van der Waals surface area contributed by atoms with E-state index in [-0.39, 0.29) is 23.9 Å². The lowest BCUT2D eigenvalue weighted by molar-refractivity contribution is -0.126. The highest BCUT2D eigenvalue weighted by molar-refractivity contribution is 5.94. The van der Waals surface area contributed by atoms with Gasteiger partial charge in [-0.25, -0.2) is 0 Å². The highest BCUT2D eigenvalue weighted by Crippen LogP contribution is 2.30. The van der Waals surface area contributed by atoms with Crippen molar-refractivity contribution >= 4 is 11.8 Å². The number of aromatic nitrogens is 1. The minimum absolute atomic E-state index is 0.00547. The minimum Gasteiger partial charge on any atom is -0.355 e. The number of nitrogens with zero attached hydrogens (tertiary/aromatic N) is 2. The third-order valence-electron chi connectivity index (χ3n) is 5.05. The van der Waals surface area contributed by atoms with E-state index in [1.807, 2.05) is 6.92 Å². The quantitative estimate of drug-likeness (QED) is 0.854. The SMILES string of the molecule is CCNC(=O)[C@@H]1C[C@H](NC(=O)c2cccnc2)CN1C1CCCC1. The molecular formula is C18H26N4O2. The summed E-state index contributed by atoms with van der Waals surface area (Å²) >= 11 is 0. The Morgan fingerprint density at radius 3 is 2.79 bits per heavy atom. The number of nitrogens with one attached hydrogen (secondary N) is 2. The summed E-state index contributed by atoms with van der Waals surface area (Å²) in [5.41, 5.74) is 0.561. The van der Waals surface area contributed by atoms with Crippen LogP contribution in [0.25, 0.3) is 0 Å². The van der Waals surface area contributed by atoms with Gasteiger partial charge in [-0.1, -0.05) is 12.8 Å². The van der Waals surface area contributed by atoms with Crippen LogP contribution in [0.3, 0.4) is 0 Å². The van der Waals surface area contributed by atoms with Crippen LogP contribution >= 0.6 is 0 Å². The predicted octanol–water partition coefficient (Wildman–Crippen LogP) is 1.33. The molecule has 24 heavy (non-hydrogen) atoms.